The van der Waals surface area contributed by atoms with Crippen LogP contribution in [0.15, 0.2) is 36.4 Å². The van der Waals surface area contributed by atoms with Crippen molar-refractivity contribution in [3.8, 4) is 11.5 Å². The summed E-state index contributed by atoms with van der Waals surface area (Å²) >= 11 is 0. The number of hydrogen-bond donors (Lipinski definition) is 2. The number of aromatic hydroxyl groups is 1. The monoisotopic (exact) mass is 275 g/mol. The average molecular weight is 275 g/mol. The number of ether oxygens (including phenoxy) is 1. The van der Waals surface area contributed by atoms with E-state index in [1.54, 1.807) is 12.1 Å². The summed E-state index contributed by atoms with van der Waals surface area (Å²) in [7, 11) is 0. The number of hydrogen-bond acceptors (Lipinski definition) is 3. The lowest BCUT2D eigenvalue weighted by Crippen LogP contribution is -2.01. The number of phenols is 1. The Balaban J connectivity index is 2.07. The molecule has 0 unspecified atom stereocenters. The molecule has 0 bridgehead atoms. The van der Waals surface area contributed by atoms with Crippen molar-refractivity contribution in [3.63, 3.8) is 0 Å². The second-order valence-corrected chi connectivity index (χ2v) is 4.51. The van der Waals surface area contributed by atoms with E-state index in [1.165, 1.54) is 6.07 Å². The Bertz CT molecular complexity index is 599. The Labute approximate surface area is 118 Å². The van der Waals surface area contributed by atoms with Crippen molar-refractivity contribution in [3.05, 3.63) is 53.3 Å². The van der Waals surface area contributed by atoms with Crippen LogP contribution >= 0.6 is 0 Å². The first-order chi connectivity index (χ1) is 9.61. The predicted molar refractivity (Wildman–Crippen MR) is 77.7 cm³/mol. The molecule has 0 aliphatic heterocycles. The highest BCUT2D eigenvalue weighted by Crippen LogP contribution is 2.24. The van der Waals surface area contributed by atoms with Crippen molar-refractivity contribution in [2.45, 2.75) is 20.4 Å². The molecule has 2 aromatic rings. The van der Waals surface area contributed by atoms with Crippen LogP contribution in [-0.2, 0) is 6.54 Å². The minimum Gasteiger partial charge on any atom is -0.507 e. The van der Waals surface area contributed by atoms with E-state index < -0.39 is 5.82 Å². The number of anilines is 1. The number of nitrogens with one attached hydrogen (secondary N) is 1. The van der Waals surface area contributed by atoms with Gasteiger partial charge >= 0.3 is 0 Å². The van der Waals surface area contributed by atoms with Crippen LogP contribution in [0.4, 0.5) is 10.1 Å². The molecule has 2 aromatic carbocycles. The van der Waals surface area contributed by atoms with Crippen molar-refractivity contribution in [2.24, 2.45) is 0 Å². The van der Waals surface area contributed by atoms with Gasteiger partial charge in [-0.15, -0.1) is 0 Å². The maximum atomic E-state index is 13.7. The van der Waals surface area contributed by atoms with E-state index in [1.807, 2.05) is 32.0 Å². The predicted octanol–water partition coefficient (Wildman–Crippen LogP) is 3.85. The number of benzene rings is 2. The van der Waals surface area contributed by atoms with Gasteiger partial charge in [-0.2, -0.15) is 0 Å². The number of para-hydroxylation sites is 1. The Morgan fingerprint density at radius 3 is 2.75 bits per heavy atom. The van der Waals surface area contributed by atoms with Crippen molar-refractivity contribution < 1.29 is 14.2 Å². The first kappa shape index (κ1) is 14.2. The van der Waals surface area contributed by atoms with E-state index in [2.05, 4.69) is 5.32 Å². The van der Waals surface area contributed by atoms with E-state index in [4.69, 9.17) is 4.74 Å². The van der Waals surface area contributed by atoms with Gasteiger partial charge in [-0.05, 0) is 31.5 Å². The summed E-state index contributed by atoms with van der Waals surface area (Å²) in [6, 6.07) is 10.3. The van der Waals surface area contributed by atoms with Gasteiger partial charge in [0.05, 0.1) is 6.61 Å². The molecule has 0 saturated heterocycles. The lowest BCUT2D eigenvalue weighted by Gasteiger charge is -2.11. The highest BCUT2D eigenvalue weighted by Gasteiger charge is 2.06. The molecule has 0 aromatic heterocycles. The zero-order valence-electron chi connectivity index (χ0n) is 11.6. The normalized spacial score (nSPS) is 10.3. The molecule has 0 spiro atoms. The molecule has 0 saturated carbocycles. The summed E-state index contributed by atoms with van der Waals surface area (Å²) in [5, 5.41) is 13.0. The lowest BCUT2D eigenvalue weighted by atomic mass is 10.1. The van der Waals surface area contributed by atoms with Crippen molar-refractivity contribution in [1.82, 2.24) is 0 Å². The van der Waals surface area contributed by atoms with E-state index >= 15 is 0 Å². The number of aryl methyl sites for hydroxylation is 1. The molecular weight excluding hydrogens is 257 g/mol. The largest absolute Gasteiger partial charge is 0.507 e. The Morgan fingerprint density at radius 2 is 2.05 bits per heavy atom. The highest BCUT2D eigenvalue weighted by molar-refractivity contribution is 5.49. The molecule has 0 aliphatic rings. The number of phenolic OH excluding ortho intramolecular Hbond substituents is 1. The number of halogens is 1. The summed E-state index contributed by atoms with van der Waals surface area (Å²) in [4.78, 5) is 0. The molecule has 106 valence electrons. The van der Waals surface area contributed by atoms with Gasteiger partial charge < -0.3 is 15.2 Å². The summed E-state index contributed by atoms with van der Waals surface area (Å²) < 4.78 is 18.8. The van der Waals surface area contributed by atoms with Gasteiger partial charge in [0, 0.05) is 23.9 Å². The molecule has 4 heteroatoms. The SMILES string of the molecule is CCOc1ccc(NCc2cccc(C)c2O)cc1F. The van der Waals surface area contributed by atoms with Crippen LogP contribution in [0.1, 0.15) is 18.1 Å². The second-order valence-electron chi connectivity index (χ2n) is 4.51. The molecular formula is C16H18FNO2. The maximum Gasteiger partial charge on any atom is 0.167 e. The number of rotatable bonds is 5. The van der Waals surface area contributed by atoms with Gasteiger partial charge in [-0.25, -0.2) is 4.39 Å². The topological polar surface area (TPSA) is 41.5 Å². The molecule has 0 radical (unpaired) electrons. The van der Waals surface area contributed by atoms with Crippen molar-refractivity contribution in [1.29, 1.82) is 0 Å². The zero-order valence-corrected chi connectivity index (χ0v) is 11.6. The minimum atomic E-state index is -0.398. The van der Waals surface area contributed by atoms with Crippen LogP contribution in [0.2, 0.25) is 0 Å². The molecule has 0 fully saturated rings. The van der Waals surface area contributed by atoms with Crippen LogP contribution in [0.25, 0.3) is 0 Å². The van der Waals surface area contributed by atoms with Crippen molar-refractivity contribution >= 4 is 5.69 Å². The third-order valence-corrected chi connectivity index (χ3v) is 3.04. The summed E-state index contributed by atoms with van der Waals surface area (Å²) in [5.74, 6) is 0.119. The highest BCUT2D eigenvalue weighted by atomic mass is 19.1. The third kappa shape index (κ3) is 3.20. The van der Waals surface area contributed by atoms with Gasteiger partial charge in [-0.1, -0.05) is 18.2 Å². The van der Waals surface area contributed by atoms with E-state index in [-0.39, 0.29) is 11.5 Å². The van der Waals surface area contributed by atoms with Crippen LogP contribution in [0, 0.1) is 12.7 Å². The summed E-state index contributed by atoms with van der Waals surface area (Å²) in [6.45, 7) is 4.52. The fraction of sp³-hybridized carbons (Fsp3) is 0.250. The molecule has 0 amide bonds. The van der Waals surface area contributed by atoms with E-state index in [0.717, 1.165) is 11.1 Å². The van der Waals surface area contributed by atoms with Gasteiger partial charge in [-0.3, -0.25) is 0 Å². The Morgan fingerprint density at radius 1 is 1.25 bits per heavy atom. The van der Waals surface area contributed by atoms with Gasteiger partial charge in [0.25, 0.3) is 0 Å². The smallest absolute Gasteiger partial charge is 0.167 e. The third-order valence-electron chi connectivity index (χ3n) is 3.04. The standard InChI is InChI=1S/C16H18FNO2/c1-3-20-15-8-7-13(9-14(15)17)18-10-12-6-4-5-11(2)16(12)19/h4-9,18-19H,3,10H2,1-2H3. The summed E-state index contributed by atoms with van der Waals surface area (Å²) in [6.07, 6.45) is 0. The van der Waals surface area contributed by atoms with Crippen molar-refractivity contribution in [2.75, 3.05) is 11.9 Å². The molecule has 0 heterocycles. The van der Waals surface area contributed by atoms with E-state index in [0.29, 0.717) is 18.8 Å². The van der Waals surface area contributed by atoms with Crippen LogP contribution < -0.4 is 10.1 Å². The molecule has 3 nitrogen and oxygen atoms in total. The molecule has 2 rings (SSSR count). The van der Waals surface area contributed by atoms with Crippen LogP contribution in [0.5, 0.6) is 11.5 Å². The minimum absolute atomic E-state index is 0.247. The van der Waals surface area contributed by atoms with E-state index in [9.17, 15) is 9.50 Å². The molecule has 2 N–H and O–H groups in total. The van der Waals surface area contributed by atoms with Gasteiger partial charge in [0.1, 0.15) is 5.75 Å². The maximum absolute atomic E-state index is 13.7. The summed E-state index contributed by atoms with van der Waals surface area (Å²) in [5.41, 5.74) is 2.24. The fourth-order valence-electron chi connectivity index (χ4n) is 1.94. The molecule has 20 heavy (non-hydrogen) atoms. The lowest BCUT2D eigenvalue weighted by molar-refractivity contribution is 0.321. The van der Waals surface area contributed by atoms with Gasteiger partial charge in [0.2, 0.25) is 0 Å². The Kier molecular flexibility index (Phi) is 4.45. The Hall–Kier alpha value is -2.23. The van der Waals surface area contributed by atoms with Crippen LogP contribution in [0.3, 0.4) is 0 Å². The first-order valence-electron chi connectivity index (χ1n) is 6.55. The quantitative estimate of drug-likeness (QED) is 0.871. The fourth-order valence-corrected chi connectivity index (χ4v) is 1.94. The second kappa shape index (κ2) is 6.28. The van der Waals surface area contributed by atoms with Gasteiger partial charge in [0.15, 0.2) is 11.6 Å². The van der Waals surface area contributed by atoms with Crippen LogP contribution in [-0.4, -0.2) is 11.7 Å². The molecule has 0 aliphatic carbocycles. The molecule has 0 atom stereocenters. The zero-order chi connectivity index (χ0) is 14.5. The average Bonchev–Trinajstić information content (AvgIpc) is 2.43. The first-order valence-corrected chi connectivity index (χ1v) is 6.55.